The van der Waals surface area contributed by atoms with Gasteiger partial charge in [-0.1, -0.05) is 30.3 Å². The van der Waals surface area contributed by atoms with E-state index in [-0.39, 0.29) is 11.7 Å². The summed E-state index contributed by atoms with van der Waals surface area (Å²) in [5.41, 5.74) is 3.01. The first-order valence-electron chi connectivity index (χ1n) is 9.69. The summed E-state index contributed by atoms with van der Waals surface area (Å²) in [5.74, 6) is 0.400. The van der Waals surface area contributed by atoms with Crippen LogP contribution in [0, 0.1) is 12.7 Å². The number of amides is 1. The van der Waals surface area contributed by atoms with Gasteiger partial charge >= 0.3 is 0 Å². The van der Waals surface area contributed by atoms with Crippen LogP contribution < -0.4 is 15.1 Å². The van der Waals surface area contributed by atoms with Gasteiger partial charge in [0.25, 0.3) is 5.91 Å². The summed E-state index contributed by atoms with van der Waals surface area (Å²) in [5, 5.41) is 2.96. The molecule has 1 N–H and O–H groups in total. The Morgan fingerprint density at radius 3 is 2.41 bits per heavy atom. The number of anilines is 3. The summed E-state index contributed by atoms with van der Waals surface area (Å²) in [7, 11) is 0. The molecule has 1 aromatic heterocycles. The molecule has 29 heavy (non-hydrogen) atoms. The Morgan fingerprint density at radius 1 is 0.966 bits per heavy atom. The van der Waals surface area contributed by atoms with Gasteiger partial charge in [-0.15, -0.1) is 0 Å². The summed E-state index contributed by atoms with van der Waals surface area (Å²) in [6.07, 6.45) is 1.66. The molecule has 0 radical (unpaired) electrons. The number of carbonyl (C=O) groups excluding carboxylic acids is 1. The molecule has 1 saturated heterocycles. The molecule has 1 aliphatic rings. The van der Waals surface area contributed by atoms with E-state index in [0.717, 1.165) is 17.1 Å². The van der Waals surface area contributed by atoms with Gasteiger partial charge in [-0.25, -0.2) is 9.37 Å². The summed E-state index contributed by atoms with van der Waals surface area (Å²) in [6.45, 7) is 4.78. The minimum atomic E-state index is -0.200. The van der Waals surface area contributed by atoms with Gasteiger partial charge in [-0.05, 0) is 42.8 Å². The first-order valence-corrected chi connectivity index (χ1v) is 9.69. The first-order chi connectivity index (χ1) is 14.1. The number of hydrogen-bond donors (Lipinski definition) is 1. The molecule has 0 unspecified atom stereocenters. The van der Waals surface area contributed by atoms with Gasteiger partial charge < -0.3 is 15.1 Å². The van der Waals surface area contributed by atoms with E-state index in [4.69, 9.17) is 0 Å². The normalized spacial score (nSPS) is 14.0. The predicted molar refractivity (Wildman–Crippen MR) is 114 cm³/mol. The Labute approximate surface area is 169 Å². The molecule has 2 aromatic carbocycles. The highest BCUT2D eigenvalue weighted by Gasteiger charge is 2.21. The predicted octanol–water partition coefficient (Wildman–Crippen LogP) is 4.11. The van der Waals surface area contributed by atoms with Crippen LogP contribution in [0.2, 0.25) is 0 Å². The quantitative estimate of drug-likeness (QED) is 0.728. The van der Waals surface area contributed by atoms with Gasteiger partial charge in [0.1, 0.15) is 11.6 Å². The van der Waals surface area contributed by atoms with E-state index >= 15 is 0 Å². The van der Waals surface area contributed by atoms with Crippen molar-refractivity contribution in [2.45, 2.75) is 6.92 Å². The Balaban J connectivity index is 1.44. The van der Waals surface area contributed by atoms with Crippen LogP contribution in [0.3, 0.4) is 0 Å². The molecule has 1 amide bonds. The second-order valence-electron chi connectivity index (χ2n) is 7.10. The Morgan fingerprint density at radius 2 is 1.66 bits per heavy atom. The second-order valence-corrected chi connectivity index (χ2v) is 7.10. The summed E-state index contributed by atoms with van der Waals surface area (Å²) in [4.78, 5) is 21.3. The lowest BCUT2D eigenvalue weighted by Gasteiger charge is -2.36. The average molecular weight is 390 g/mol. The van der Waals surface area contributed by atoms with E-state index in [1.165, 1.54) is 6.07 Å². The molecule has 0 atom stereocenters. The number of piperazine rings is 1. The number of hydrogen-bond acceptors (Lipinski definition) is 4. The van der Waals surface area contributed by atoms with Crippen molar-refractivity contribution in [2.24, 2.45) is 0 Å². The van der Waals surface area contributed by atoms with Crippen molar-refractivity contribution in [1.82, 2.24) is 4.98 Å². The highest BCUT2D eigenvalue weighted by molar-refractivity contribution is 6.05. The topological polar surface area (TPSA) is 48.5 Å². The average Bonchev–Trinajstić information content (AvgIpc) is 2.76. The van der Waals surface area contributed by atoms with Crippen LogP contribution in [0.15, 0.2) is 66.9 Å². The molecule has 0 saturated carbocycles. The fourth-order valence-electron chi connectivity index (χ4n) is 3.52. The van der Waals surface area contributed by atoms with E-state index in [2.05, 4.69) is 15.2 Å². The lowest BCUT2D eigenvalue weighted by Crippen LogP contribution is -2.47. The van der Waals surface area contributed by atoms with Crippen LogP contribution in [0.25, 0.3) is 0 Å². The third kappa shape index (κ3) is 4.21. The number of pyridine rings is 1. The van der Waals surface area contributed by atoms with Crippen molar-refractivity contribution >= 4 is 23.1 Å². The molecule has 1 aliphatic heterocycles. The molecule has 148 valence electrons. The molecular formula is C23H23FN4O. The number of benzene rings is 2. The van der Waals surface area contributed by atoms with Crippen LogP contribution in [-0.2, 0) is 0 Å². The van der Waals surface area contributed by atoms with E-state index in [0.29, 0.717) is 37.4 Å². The molecule has 3 aromatic rings. The largest absolute Gasteiger partial charge is 0.366 e. The summed E-state index contributed by atoms with van der Waals surface area (Å²) < 4.78 is 14.0. The highest BCUT2D eigenvalue weighted by Crippen LogP contribution is 2.23. The fraction of sp³-hybridized carbons (Fsp3) is 0.217. The van der Waals surface area contributed by atoms with Crippen LogP contribution in [0.4, 0.5) is 21.6 Å². The minimum Gasteiger partial charge on any atom is -0.366 e. The Kier molecular flexibility index (Phi) is 5.42. The maximum atomic E-state index is 14.0. The van der Waals surface area contributed by atoms with Crippen LogP contribution in [0.5, 0.6) is 0 Å². The molecule has 1 fully saturated rings. The molecular weight excluding hydrogens is 367 g/mol. The lowest BCUT2D eigenvalue weighted by atomic mass is 10.1. The number of para-hydroxylation sites is 2. The molecule has 2 heterocycles. The molecule has 0 spiro atoms. The van der Waals surface area contributed by atoms with Gasteiger partial charge in [0.15, 0.2) is 0 Å². The van der Waals surface area contributed by atoms with Gasteiger partial charge in [0, 0.05) is 43.6 Å². The van der Waals surface area contributed by atoms with Gasteiger partial charge in [-0.2, -0.15) is 0 Å². The van der Waals surface area contributed by atoms with Crippen LogP contribution in [-0.4, -0.2) is 37.1 Å². The van der Waals surface area contributed by atoms with E-state index in [9.17, 15) is 9.18 Å². The van der Waals surface area contributed by atoms with Gasteiger partial charge in [0.2, 0.25) is 0 Å². The van der Waals surface area contributed by atoms with Crippen molar-refractivity contribution in [3.05, 3.63) is 83.8 Å². The second kappa shape index (κ2) is 8.31. The van der Waals surface area contributed by atoms with Crippen molar-refractivity contribution in [3.63, 3.8) is 0 Å². The van der Waals surface area contributed by atoms with Crippen LogP contribution >= 0.6 is 0 Å². The lowest BCUT2D eigenvalue weighted by molar-refractivity contribution is 0.102. The number of halogens is 1. The maximum absolute atomic E-state index is 14.0. The monoisotopic (exact) mass is 390 g/mol. The van der Waals surface area contributed by atoms with Gasteiger partial charge in [-0.3, -0.25) is 4.79 Å². The minimum absolute atomic E-state index is 0.159. The number of nitrogens with one attached hydrogen (secondary N) is 1. The first kappa shape index (κ1) is 18.9. The van der Waals surface area contributed by atoms with Crippen molar-refractivity contribution < 1.29 is 9.18 Å². The van der Waals surface area contributed by atoms with Crippen molar-refractivity contribution in [3.8, 4) is 0 Å². The Bertz CT molecular complexity index is 1020. The molecule has 5 nitrogen and oxygen atoms in total. The van der Waals surface area contributed by atoms with Gasteiger partial charge in [0.05, 0.1) is 5.69 Å². The van der Waals surface area contributed by atoms with Crippen molar-refractivity contribution in [1.29, 1.82) is 0 Å². The van der Waals surface area contributed by atoms with E-state index in [1.807, 2.05) is 48.2 Å². The zero-order valence-corrected chi connectivity index (χ0v) is 16.3. The number of nitrogens with zero attached hydrogens (tertiary/aromatic N) is 3. The number of aryl methyl sites for hydroxylation is 1. The SMILES string of the molecule is Cc1ccccc1NC(=O)c1ccnc(N2CCN(c3ccccc3F)CC2)c1. The third-order valence-electron chi connectivity index (χ3n) is 5.20. The van der Waals surface area contributed by atoms with E-state index < -0.39 is 0 Å². The standard InChI is InChI=1S/C23H23FN4O/c1-17-6-2-4-8-20(17)26-23(29)18-10-11-25-22(16-18)28-14-12-27(13-15-28)21-9-5-3-7-19(21)24/h2-11,16H,12-15H2,1H3,(H,26,29). The smallest absolute Gasteiger partial charge is 0.255 e. The Hall–Kier alpha value is -3.41. The number of aromatic nitrogens is 1. The molecule has 4 rings (SSSR count). The summed E-state index contributed by atoms with van der Waals surface area (Å²) in [6, 6.07) is 18.1. The summed E-state index contributed by atoms with van der Waals surface area (Å²) >= 11 is 0. The zero-order chi connectivity index (χ0) is 20.2. The van der Waals surface area contributed by atoms with E-state index in [1.54, 1.807) is 24.4 Å². The highest BCUT2D eigenvalue weighted by atomic mass is 19.1. The zero-order valence-electron chi connectivity index (χ0n) is 16.3. The molecule has 0 bridgehead atoms. The maximum Gasteiger partial charge on any atom is 0.255 e. The van der Waals surface area contributed by atoms with Crippen molar-refractivity contribution in [2.75, 3.05) is 41.3 Å². The molecule has 6 heteroatoms. The third-order valence-corrected chi connectivity index (χ3v) is 5.20. The van der Waals surface area contributed by atoms with Crippen LogP contribution in [0.1, 0.15) is 15.9 Å². The number of rotatable bonds is 4. The number of carbonyl (C=O) groups is 1. The fourth-order valence-corrected chi connectivity index (χ4v) is 3.52. The molecule has 0 aliphatic carbocycles.